The molecular weight excluding hydrogens is 286 g/mol. The Morgan fingerprint density at radius 2 is 0.826 bits per heavy atom. The third-order valence-electron chi connectivity index (χ3n) is 4.81. The van der Waals surface area contributed by atoms with Gasteiger partial charge in [-0.25, -0.2) is 0 Å². The van der Waals surface area contributed by atoms with Crippen molar-refractivity contribution in [2.45, 2.75) is 96.8 Å². The van der Waals surface area contributed by atoms with Crippen molar-refractivity contribution in [1.82, 2.24) is 0 Å². The van der Waals surface area contributed by atoms with Gasteiger partial charge in [0, 0.05) is 0 Å². The number of aliphatic hydroxyl groups is 2. The van der Waals surface area contributed by atoms with Gasteiger partial charge in [0.1, 0.15) is 13.1 Å². The van der Waals surface area contributed by atoms with Crippen LogP contribution in [0.25, 0.3) is 0 Å². The summed E-state index contributed by atoms with van der Waals surface area (Å²) in [6, 6.07) is 0. The topological polar surface area (TPSA) is 44.9 Å². The summed E-state index contributed by atoms with van der Waals surface area (Å²) in [6.45, 7) is 5.39. The van der Waals surface area contributed by atoms with Gasteiger partial charge in [-0.2, -0.15) is 0 Å². The second-order valence-electron chi connectivity index (χ2n) is 7.04. The first-order valence-electron chi connectivity index (χ1n) is 10.4. The summed E-state index contributed by atoms with van der Waals surface area (Å²) < 4.78 is 0. The van der Waals surface area contributed by atoms with Gasteiger partial charge in [0.05, 0.1) is 19.8 Å². The standard InChI is InChI=1S/C20H43NO2/c1-2-3-4-5-6-7-8-9-10-11-12-13-14-15-16-21(17-19-22)18-20-23/h22-23H,2-20H2,1H3/p+1. The van der Waals surface area contributed by atoms with Crippen LogP contribution in [0.5, 0.6) is 0 Å². The molecule has 3 nitrogen and oxygen atoms in total. The van der Waals surface area contributed by atoms with Crippen molar-refractivity contribution >= 4 is 0 Å². The minimum atomic E-state index is 0.230. The molecule has 0 unspecified atom stereocenters. The molecule has 0 aliphatic heterocycles. The molecule has 140 valence electrons. The van der Waals surface area contributed by atoms with Crippen molar-refractivity contribution in [3.05, 3.63) is 0 Å². The summed E-state index contributed by atoms with van der Waals surface area (Å²) in [6.07, 6.45) is 19.5. The van der Waals surface area contributed by atoms with Gasteiger partial charge in [-0.05, 0) is 12.8 Å². The van der Waals surface area contributed by atoms with Gasteiger partial charge in [0.2, 0.25) is 0 Å². The van der Waals surface area contributed by atoms with Gasteiger partial charge in [0.15, 0.2) is 0 Å². The van der Waals surface area contributed by atoms with Gasteiger partial charge in [-0.1, -0.05) is 84.0 Å². The highest BCUT2D eigenvalue weighted by Crippen LogP contribution is 2.12. The predicted molar refractivity (Wildman–Crippen MR) is 100 cm³/mol. The van der Waals surface area contributed by atoms with Crippen LogP contribution in [0.1, 0.15) is 96.8 Å². The highest BCUT2D eigenvalue weighted by molar-refractivity contribution is 4.49. The highest BCUT2D eigenvalue weighted by atomic mass is 16.3. The fourth-order valence-corrected chi connectivity index (χ4v) is 3.26. The fraction of sp³-hybridized carbons (Fsp3) is 1.00. The summed E-state index contributed by atoms with van der Waals surface area (Å²) in [5, 5.41) is 18.0. The Labute approximate surface area is 145 Å². The molecule has 0 saturated heterocycles. The molecule has 0 radical (unpaired) electrons. The van der Waals surface area contributed by atoms with Crippen molar-refractivity contribution in [2.24, 2.45) is 0 Å². The monoisotopic (exact) mass is 330 g/mol. The molecule has 3 heteroatoms. The van der Waals surface area contributed by atoms with Crippen molar-refractivity contribution < 1.29 is 15.1 Å². The summed E-state index contributed by atoms with van der Waals surface area (Å²) in [4.78, 5) is 1.34. The average molecular weight is 331 g/mol. The van der Waals surface area contributed by atoms with E-state index in [4.69, 9.17) is 10.2 Å². The van der Waals surface area contributed by atoms with Gasteiger partial charge in [0.25, 0.3) is 0 Å². The molecule has 0 aliphatic carbocycles. The molecule has 23 heavy (non-hydrogen) atoms. The molecular formula is C20H44NO2+. The lowest BCUT2D eigenvalue weighted by molar-refractivity contribution is -0.901. The Bertz CT molecular complexity index is 206. The van der Waals surface area contributed by atoms with Gasteiger partial charge < -0.3 is 15.1 Å². The van der Waals surface area contributed by atoms with Gasteiger partial charge >= 0.3 is 0 Å². The molecule has 0 aliphatic rings. The van der Waals surface area contributed by atoms with Crippen molar-refractivity contribution in [1.29, 1.82) is 0 Å². The van der Waals surface area contributed by atoms with Crippen LogP contribution in [0, 0.1) is 0 Å². The molecule has 0 saturated carbocycles. The Kier molecular flexibility index (Phi) is 19.8. The molecule has 0 atom stereocenters. The van der Waals surface area contributed by atoms with Gasteiger partial charge in [-0.15, -0.1) is 0 Å². The van der Waals surface area contributed by atoms with E-state index in [1.165, 1.54) is 94.8 Å². The molecule has 0 aromatic carbocycles. The quantitative estimate of drug-likeness (QED) is 0.318. The van der Waals surface area contributed by atoms with Crippen LogP contribution in [0.2, 0.25) is 0 Å². The third-order valence-corrected chi connectivity index (χ3v) is 4.81. The molecule has 0 heterocycles. The number of nitrogens with one attached hydrogen (secondary N) is 1. The lowest BCUT2D eigenvalue weighted by Crippen LogP contribution is -3.13. The first kappa shape index (κ1) is 22.9. The molecule has 0 fully saturated rings. The number of aliphatic hydroxyl groups excluding tert-OH is 2. The van der Waals surface area contributed by atoms with Crippen LogP contribution in [-0.4, -0.2) is 43.1 Å². The normalized spacial score (nSPS) is 11.5. The summed E-state index contributed by atoms with van der Waals surface area (Å²) >= 11 is 0. The SMILES string of the molecule is CCCCCCCCCCCCCCCC[NH+](CCO)CCO. The number of hydrogen-bond acceptors (Lipinski definition) is 2. The van der Waals surface area contributed by atoms with Crippen LogP contribution >= 0.6 is 0 Å². The molecule has 0 amide bonds. The molecule has 0 aromatic rings. The lowest BCUT2D eigenvalue weighted by atomic mass is 10.0. The molecule has 3 N–H and O–H groups in total. The number of hydrogen-bond donors (Lipinski definition) is 3. The minimum Gasteiger partial charge on any atom is -0.391 e. The van der Waals surface area contributed by atoms with Crippen LogP contribution in [0.4, 0.5) is 0 Å². The van der Waals surface area contributed by atoms with Crippen LogP contribution < -0.4 is 4.90 Å². The van der Waals surface area contributed by atoms with Gasteiger partial charge in [-0.3, -0.25) is 0 Å². The van der Waals surface area contributed by atoms with E-state index in [-0.39, 0.29) is 13.2 Å². The number of unbranched alkanes of at least 4 members (excludes halogenated alkanes) is 13. The summed E-state index contributed by atoms with van der Waals surface area (Å²) in [7, 11) is 0. The van der Waals surface area contributed by atoms with E-state index in [1.807, 2.05) is 0 Å². The molecule has 0 bridgehead atoms. The zero-order valence-electron chi connectivity index (χ0n) is 15.8. The second-order valence-corrected chi connectivity index (χ2v) is 7.04. The number of quaternary nitrogens is 1. The smallest absolute Gasteiger partial charge is 0.101 e. The Balaban J connectivity index is 3.15. The largest absolute Gasteiger partial charge is 0.391 e. The van der Waals surface area contributed by atoms with Crippen LogP contribution in [0.3, 0.4) is 0 Å². The first-order chi connectivity index (χ1) is 11.3. The number of rotatable bonds is 19. The van der Waals surface area contributed by atoms with E-state index in [0.29, 0.717) is 0 Å². The fourth-order valence-electron chi connectivity index (χ4n) is 3.26. The van der Waals surface area contributed by atoms with E-state index in [9.17, 15) is 0 Å². The Morgan fingerprint density at radius 3 is 1.17 bits per heavy atom. The summed E-state index contributed by atoms with van der Waals surface area (Å²) in [5.41, 5.74) is 0. The third kappa shape index (κ3) is 18.1. The lowest BCUT2D eigenvalue weighted by Gasteiger charge is -2.17. The minimum absolute atomic E-state index is 0.230. The molecule has 0 rings (SSSR count). The van der Waals surface area contributed by atoms with Crippen molar-refractivity contribution in [3.63, 3.8) is 0 Å². The maximum Gasteiger partial charge on any atom is 0.101 e. The Morgan fingerprint density at radius 1 is 0.478 bits per heavy atom. The maximum atomic E-state index is 8.98. The summed E-state index contributed by atoms with van der Waals surface area (Å²) in [5.74, 6) is 0. The molecule has 0 aromatic heterocycles. The molecule has 0 spiro atoms. The first-order valence-corrected chi connectivity index (χ1v) is 10.4. The predicted octanol–water partition coefficient (Wildman–Crippen LogP) is 3.34. The zero-order chi connectivity index (χ0) is 17.0. The van der Waals surface area contributed by atoms with Crippen molar-refractivity contribution in [2.75, 3.05) is 32.8 Å². The Hall–Kier alpha value is -0.120. The van der Waals surface area contributed by atoms with E-state index < -0.39 is 0 Å². The van der Waals surface area contributed by atoms with Crippen LogP contribution in [-0.2, 0) is 0 Å². The maximum absolute atomic E-state index is 8.98. The van der Waals surface area contributed by atoms with Crippen molar-refractivity contribution in [3.8, 4) is 0 Å². The van der Waals surface area contributed by atoms with E-state index in [2.05, 4.69) is 6.92 Å². The highest BCUT2D eigenvalue weighted by Gasteiger charge is 2.05. The second kappa shape index (κ2) is 19.9. The van der Waals surface area contributed by atoms with E-state index >= 15 is 0 Å². The van der Waals surface area contributed by atoms with E-state index in [1.54, 1.807) is 0 Å². The average Bonchev–Trinajstić information content (AvgIpc) is 2.55. The van der Waals surface area contributed by atoms with E-state index in [0.717, 1.165) is 19.6 Å². The zero-order valence-corrected chi connectivity index (χ0v) is 15.8. The van der Waals surface area contributed by atoms with Crippen LogP contribution in [0.15, 0.2) is 0 Å².